The number of benzene rings is 3. The number of imidazole rings is 1. The van der Waals surface area contributed by atoms with E-state index in [9.17, 15) is 4.79 Å². The summed E-state index contributed by atoms with van der Waals surface area (Å²) in [6, 6.07) is 23.0. The molecule has 0 aliphatic carbocycles. The highest BCUT2D eigenvalue weighted by Crippen LogP contribution is 2.27. The first kappa shape index (κ1) is 26.6. The maximum absolute atomic E-state index is 13.0. The lowest BCUT2D eigenvalue weighted by molar-refractivity contribution is 0.102. The molecule has 202 valence electrons. The standard InChI is InChI=1S/C32H33N7O/c1-32(2,3)24-13-9-22(10-14-24)31(40)36-26-8-6-7-23(19-26)27-20-39-18-17-34-30(39)29(37-27)35-25-15-11-21(12-16-25)28(33)38(4)5/h6-20,33H,1-5H3,(H,35,37)(H,36,40). The lowest BCUT2D eigenvalue weighted by Gasteiger charge is -2.19. The van der Waals surface area contributed by atoms with Crippen molar-refractivity contribution in [1.29, 1.82) is 5.41 Å². The Hall–Kier alpha value is -4.98. The zero-order valence-corrected chi connectivity index (χ0v) is 23.4. The van der Waals surface area contributed by atoms with Gasteiger partial charge in [-0.3, -0.25) is 10.2 Å². The maximum Gasteiger partial charge on any atom is 0.255 e. The van der Waals surface area contributed by atoms with Crippen LogP contribution in [-0.4, -0.2) is 45.1 Å². The molecule has 2 heterocycles. The Morgan fingerprint density at radius 1 is 0.925 bits per heavy atom. The summed E-state index contributed by atoms with van der Waals surface area (Å²) in [7, 11) is 3.70. The molecule has 1 amide bonds. The van der Waals surface area contributed by atoms with Gasteiger partial charge in [-0.15, -0.1) is 0 Å². The van der Waals surface area contributed by atoms with Crippen LogP contribution in [0.1, 0.15) is 42.3 Å². The second-order valence-corrected chi connectivity index (χ2v) is 10.9. The number of hydrogen-bond donors (Lipinski definition) is 3. The fourth-order valence-electron chi connectivity index (χ4n) is 4.34. The molecule has 0 spiro atoms. The smallest absolute Gasteiger partial charge is 0.255 e. The highest BCUT2D eigenvalue weighted by molar-refractivity contribution is 6.04. The van der Waals surface area contributed by atoms with E-state index in [1.807, 2.05) is 104 Å². The molecule has 0 aliphatic heterocycles. The van der Waals surface area contributed by atoms with Gasteiger partial charge in [-0.1, -0.05) is 45.0 Å². The van der Waals surface area contributed by atoms with Gasteiger partial charge in [0.25, 0.3) is 5.91 Å². The molecule has 3 N–H and O–H groups in total. The largest absolute Gasteiger partial charge is 0.363 e. The summed E-state index contributed by atoms with van der Waals surface area (Å²) >= 11 is 0. The molecule has 0 unspecified atom stereocenters. The molecule has 40 heavy (non-hydrogen) atoms. The molecular formula is C32H33N7O. The fourth-order valence-corrected chi connectivity index (χ4v) is 4.34. The van der Waals surface area contributed by atoms with Gasteiger partial charge in [-0.25, -0.2) is 9.97 Å². The second kappa shape index (κ2) is 10.6. The summed E-state index contributed by atoms with van der Waals surface area (Å²) in [6.45, 7) is 6.45. The van der Waals surface area contributed by atoms with Gasteiger partial charge in [-0.2, -0.15) is 0 Å². The quantitative estimate of drug-likeness (QED) is 0.170. The molecule has 0 atom stereocenters. The van der Waals surface area contributed by atoms with Crippen LogP contribution < -0.4 is 10.6 Å². The Kier molecular flexibility index (Phi) is 7.09. The molecule has 8 nitrogen and oxygen atoms in total. The number of nitrogens with zero attached hydrogens (tertiary/aromatic N) is 4. The number of anilines is 3. The Labute approximate surface area is 234 Å². The number of amides is 1. The van der Waals surface area contributed by atoms with Crippen LogP contribution in [0.15, 0.2) is 91.4 Å². The van der Waals surface area contributed by atoms with Gasteiger partial charge < -0.3 is 19.9 Å². The van der Waals surface area contributed by atoms with Crippen LogP contribution in [0.3, 0.4) is 0 Å². The predicted octanol–water partition coefficient (Wildman–Crippen LogP) is 6.58. The first-order chi connectivity index (χ1) is 19.1. The predicted molar refractivity (Wildman–Crippen MR) is 162 cm³/mol. The first-order valence-electron chi connectivity index (χ1n) is 13.1. The molecule has 0 bridgehead atoms. The molecule has 0 saturated carbocycles. The minimum Gasteiger partial charge on any atom is -0.363 e. The van der Waals surface area contributed by atoms with Gasteiger partial charge in [0.05, 0.1) is 5.69 Å². The van der Waals surface area contributed by atoms with Crippen molar-refractivity contribution in [3.63, 3.8) is 0 Å². The van der Waals surface area contributed by atoms with Gasteiger partial charge in [-0.05, 0) is 59.5 Å². The van der Waals surface area contributed by atoms with Crippen LogP contribution in [0.2, 0.25) is 0 Å². The van der Waals surface area contributed by atoms with Crippen molar-refractivity contribution in [2.24, 2.45) is 0 Å². The van der Waals surface area contributed by atoms with Crippen LogP contribution in [0.5, 0.6) is 0 Å². The van der Waals surface area contributed by atoms with Crippen molar-refractivity contribution in [2.75, 3.05) is 24.7 Å². The molecule has 5 aromatic rings. The summed E-state index contributed by atoms with van der Waals surface area (Å²) in [5.41, 5.74) is 6.44. The lowest BCUT2D eigenvalue weighted by Crippen LogP contribution is -2.21. The summed E-state index contributed by atoms with van der Waals surface area (Å²) in [4.78, 5) is 24.1. The first-order valence-corrected chi connectivity index (χ1v) is 13.1. The van der Waals surface area contributed by atoms with E-state index in [-0.39, 0.29) is 11.3 Å². The Bertz CT molecular complexity index is 1680. The number of carbonyl (C=O) groups is 1. The van der Waals surface area contributed by atoms with Gasteiger partial charge >= 0.3 is 0 Å². The normalized spacial score (nSPS) is 11.3. The van der Waals surface area contributed by atoms with Crippen LogP contribution in [0.4, 0.5) is 17.2 Å². The third-order valence-corrected chi connectivity index (χ3v) is 6.67. The summed E-state index contributed by atoms with van der Waals surface area (Å²) in [5.74, 6) is 0.881. The van der Waals surface area contributed by atoms with Crippen molar-refractivity contribution in [1.82, 2.24) is 19.3 Å². The highest BCUT2D eigenvalue weighted by Gasteiger charge is 2.15. The number of rotatable bonds is 6. The van der Waals surface area contributed by atoms with Crippen LogP contribution in [0, 0.1) is 5.41 Å². The lowest BCUT2D eigenvalue weighted by atomic mass is 9.87. The van der Waals surface area contributed by atoms with Crippen molar-refractivity contribution in [3.05, 3.63) is 108 Å². The SMILES string of the molecule is CN(C)C(=N)c1ccc(Nc2nc(-c3cccc(NC(=O)c4ccc(C(C)(C)C)cc4)c3)cn3ccnc23)cc1. The third kappa shape index (κ3) is 5.71. The maximum atomic E-state index is 13.0. The fraction of sp³-hybridized carbons (Fsp3) is 0.188. The molecule has 8 heteroatoms. The zero-order valence-electron chi connectivity index (χ0n) is 23.4. The summed E-state index contributed by atoms with van der Waals surface area (Å²) in [5, 5.41) is 14.6. The van der Waals surface area contributed by atoms with Crippen molar-refractivity contribution in [2.45, 2.75) is 26.2 Å². The number of hydrogen-bond acceptors (Lipinski definition) is 5. The van der Waals surface area contributed by atoms with E-state index in [4.69, 9.17) is 10.4 Å². The molecule has 5 rings (SSSR count). The minimum atomic E-state index is -0.163. The average Bonchev–Trinajstić information content (AvgIpc) is 3.42. The van der Waals surface area contributed by atoms with E-state index in [1.165, 1.54) is 5.56 Å². The van der Waals surface area contributed by atoms with E-state index in [1.54, 1.807) is 11.1 Å². The second-order valence-electron chi connectivity index (χ2n) is 10.9. The summed E-state index contributed by atoms with van der Waals surface area (Å²) in [6.07, 6.45) is 5.52. The van der Waals surface area contributed by atoms with Crippen molar-refractivity contribution >= 4 is 34.6 Å². The molecule has 3 aromatic carbocycles. The number of carbonyl (C=O) groups excluding carboxylic acids is 1. The van der Waals surface area contributed by atoms with Gasteiger partial charge in [0.1, 0.15) is 5.84 Å². The monoisotopic (exact) mass is 531 g/mol. The number of aromatic nitrogens is 3. The van der Waals surface area contributed by atoms with Crippen molar-refractivity contribution in [3.8, 4) is 11.3 Å². The molecule has 0 aliphatic rings. The molecule has 0 radical (unpaired) electrons. The van der Waals surface area contributed by atoms with Gasteiger partial charge in [0.15, 0.2) is 11.5 Å². The molecule has 2 aromatic heterocycles. The molecule has 0 saturated heterocycles. The van der Waals surface area contributed by atoms with Crippen LogP contribution >= 0.6 is 0 Å². The highest BCUT2D eigenvalue weighted by atomic mass is 16.1. The average molecular weight is 532 g/mol. The molecular weight excluding hydrogens is 498 g/mol. The summed E-state index contributed by atoms with van der Waals surface area (Å²) < 4.78 is 1.92. The van der Waals surface area contributed by atoms with Gasteiger partial charge in [0.2, 0.25) is 0 Å². The van der Waals surface area contributed by atoms with E-state index >= 15 is 0 Å². The van der Waals surface area contributed by atoms with Crippen LogP contribution in [0.25, 0.3) is 16.9 Å². The topological polar surface area (TPSA) is 98.4 Å². The number of amidine groups is 1. The van der Waals surface area contributed by atoms with Crippen LogP contribution in [-0.2, 0) is 5.41 Å². The number of fused-ring (bicyclic) bond motifs is 1. The zero-order chi connectivity index (χ0) is 28.4. The van der Waals surface area contributed by atoms with E-state index in [0.29, 0.717) is 28.6 Å². The Morgan fingerprint density at radius 3 is 2.30 bits per heavy atom. The van der Waals surface area contributed by atoms with E-state index in [0.717, 1.165) is 22.5 Å². The minimum absolute atomic E-state index is 0.0278. The Morgan fingerprint density at radius 2 is 1.62 bits per heavy atom. The van der Waals surface area contributed by atoms with E-state index < -0.39 is 0 Å². The van der Waals surface area contributed by atoms with Gasteiger partial charge in [0, 0.05) is 60.8 Å². The molecule has 0 fully saturated rings. The third-order valence-electron chi connectivity index (χ3n) is 6.67. The van der Waals surface area contributed by atoms with E-state index in [2.05, 4.69) is 36.4 Å². The number of nitrogens with one attached hydrogen (secondary N) is 3. The Balaban J connectivity index is 1.39. The van der Waals surface area contributed by atoms with Crippen molar-refractivity contribution < 1.29 is 4.79 Å².